The Balaban J connectivity index is 0.000000132. The van der Waals surface area contributed by atoms with Crippen molar-refractivity contribution in [2.24, 2.45) is 10.8 Å². The summed E-state index contributed by atoms with van der Waals surface area (Å²) >= 11 is 0. The standard InChI is InChI=1S/C19H18O.C19H16O/c2*1-19(12-14-7-3-5-9-16(14)18(19)20)17-11-10-13-6-2-4-8-15(13)17/h2-9,17H,10-12H2,1H3;2-9,11H,10,12H2,1H3. The van der Waals surface area contributed by atoms with Crippen LogP contribution in [0.1, 0.15) is 80.3 Å². The van der Waals surface area contributed by atoms with Gasteiger partial charge in [0.2, 0.25) is 0 Å². The van der Waals surface area contributed by atoms with Crippen LogP contribution in [0.5, 0.6) is 0 Å². The number of fused-ring (bicyclic) bond motifs is 4. The van der Waals surface area contributed by atoms with Crippen molar-refractivity contribution in [1.29, 1.82) is 0 Å². The van der Waals surface area contributed by atoms with Gasteiger partial charge in [-0.05, 0) is 83.9 Å². The molecule has 0 fully saturated rings. The molecule has 0 saturated carbocycles. The predicted molar refractivity (Wildman–Crippen MR) is 161 cm³/mol. The van der Waals surface area contributed by atoms with Crippen LogP contribution in [0.3, 0.4) is 0 Å². The van der Waals surface area contributed by atoms with Crippen molar-refractivity contribution in [1.82, 2.24) is 0 Å². The third-order valence-electron chi connectivity index (χ3n) is 9.98. The van der Waals surface area contributed by atoms with Gasteiger partial charge < -0.3 is 0 Å². The Labute approximate surface area is 236 Å². The molecule has 0 spiro atoms. The van der Waals surface area contributed by atoms with Gasteiger partial charge >= 0.3 is 0 Å². The Hall–Kier alpha value is -4.04. The Kier molecular flexibility index (Phi) is 5.78. The van der Waals surface area contributed by atoms with Gasteiger partial charge in [0.25, 0.3) is 0 Å². The zero-order valence-corrected chi connectivity index (χ0v) is 23.2. The predicted octanol–water partition coefficient (Wildman–Crippen LogP) is 8.23. The number of hydrogen-bond donors (Lipinski definition) is 0. The second-order valence-corrected chi connectivity index (χ2v) is 12.3. The van der Waals surface area contributed by atoms with E-state index in [1.165, 1.54) is 39.0 Å². The number of benzene rings is 4. The van der Waals surface area contributed by atoms with Crippen molar-refractivity contribution in [2.45, 2.75) is 51.9 Å². The number of hydrogen-bond acceptors (Lipinski definition) is 2. The van der Waals surface area contributed by atoms with Crippen LogP contribution in [0.15, 0.2) is 103 Å². The van der Waals surface area contributed by atoms with Gasteiger partial charge in [-0.2, -0.15) is 0 Å². The maximum absolute atomic E-state index is 12.9. The van der Waals surface area contributed by atoms with Crippen molar-refractivity contribution >= 4 is 17.1 Å². The zero-order chi connectivity index (χ0) is 27.5. The van der Waals surface area contributed by atoms with Gasteiger partial charge in [-0.15, -0.1) is 0 Å². The fraction of sp³-hybridized carbons (Fsp3) is 0.263. The average Bonchev–Trinajstić information content (AvgIpc) is 3.73. The Morgan fingerprint density at radius 1 is 0.600 bits per heavy atom. The van der Waals surface area contributed by atoms with Crippen LogP contribution < -0.4 is 0 Å². The van der Waals surface area contributed by atoms with Gasteiger partial charge in [0.15, 0.2) is 11.6 Å². The summed E-state index contributed by atoms with van der Waals surface area (Å²) in [6.07, 6.45) is 7.12. The number of carbonyl (C=O) groups is 2. The van der Waals surface area contributed by atoms with Gasteiger partial charge in [0, 0.05) is 16.5 Å². The molecule has 8 rings (SSSR count). The molecule has 0 N–H and O–H groups in total. The summed E-state index contributed by atoms with van der Waals surface area (Å²) in [5.41, 5.74) is 10.3. The first-order valence-electron chi connectivity index (χ1n) is 14.5. The van der Waals surface area contributed by atoms with Crippen LogP contribution in [-0.2, 0) is 25.7 Å². The highest BCUT2D eigenvalue weighted by Crippen LogP contribution is 2.52. The third kappa shape index (κ3) is 3.69. The molecule has 198 valence electrons. The molecule has 2 heteroatoms. The fourth-order valence-electron chi connectivity index (χ4n) is 7.86. The first kappa shape index (κ1) is 25.0. The molecule has 0 saturated heterocycles. The molecule has 0 radical (unpaired) electrons. The summed E-state index contributed by atoms with van der Waals surface area (Å²) in [6.45, 7) is 4.27. The molecule has 0 aromatic heterocycles. The highest BCUT2D eigenvalue weighted by atomic mass is 16.1. The lowest BCUT2D eigenvalue weighted by molar-refractivity contribution is 0.0800. The van der Waals surface area contributed by atoms with E-state index in [0.717, 1.165) is 43.2 Å². The quantitative estimate of drug-likeness (QED) is 0.266. The molecule has 3 unspecified atom stereocenters. The van der Waals surface area contributed by atoms with E-state index >= 15 is 0 Å². The van der Waals surface area contributed by atoms with Crippen molar-refractivity contribution in [3.63, 3.8) is 0 Å². The molecule has 4 aliphatic carbocycles. The van der Waals surface area contributed by atoms with Crippen molar-refractivity contribution in [2.75, 3.05) is 0 Å². The number of ketones is 2. The van der Waals surface area contributed by atoms with E-state index in [9.17, 15) is 9.59 Å². The van der Waals surface area contributed by atoms with E-state index in [4.69, 9.17) is 0 Å². The van der Waals surface area contributed by atoms with Crippen LogP contribution in [-0.4, -0.2) is 11.6 Å². The summed E-state index contributed by atoms with van der Waals surface area (Å²) < 4.78 is 0. The van der Waals surface area contributed by atoms with E-state index in [2.05, 4.69) is 80.6 Å². The minimum absolute atomic E-state index is 0.254. The summed E-state index contributed by atoms with van der Waals surface area (Å²) in [4.78, 5) is 25.8. The van der Waals surface area contributed by atoms with E-state index in [1.54, 1.807) is 0 Å². The largest absolute Gasteiger partial charge is 0.294 e. The van der Waals surface area contributed by atoms with Gasteiger partial charge in [0.05, 0.1) is 5.41 Å². The minimum atomic E-state index is -0.393. The maximum Gasteiger partial charge on any atom is 0.173 e. The normalized spacial score (nSPS) is 25.4. The zero-order valence-electron chi connectivity index (χ0n) is 23.2. The molecule has 3 atom stereocenters. The lowest BCUT2D eigenvalue weighted by atomic mass is 9.71. The maximum atomic E-state index is 12.9. The van der Waals surface area contributed by atoms with E-state index in [1.807, 2.05) is 36.4 Å². The van der Waals surface area contributed by atoms with Crippen molar-refractivity contribution < 1.29 is 9.59 Å². The van der Waals surface area contributed by atoms with Gasteiger partial charge in [-0.3, -0.25) is 9.59 Å². The Morgan fingerprint density at radius 2 is 1.15 bits per heavy atom. The average molecular weight is 523 g/mol. The highest BCUT2D eigenvalue weighted by molar-refractivity contribution is 6.12. The number of rotatable bonds is 2. The SMILES string of the molecule is CC1(C2=CCc3ccccc32)Cc2ccccc2C1=O.CC1(C2CCc3ccccc32)Cc2ccccc2C1=O. The number of allylic oxidation sites excluding steroid dienone is 2. The first-order valence-corrected chi connectivity index (χ1v) is 14.5. The molecule has 4 aromatic carbocycles. The van der Waals surface area contributed by atoms with Gasteiger partial charge in [-0.25, -0.2) is 0 Å². The monoisotopic (exact) mass is 522 g/mol. The molecule has 4 aliphatic rings. The summed E-state index contributed by atoms with van der Waals surface area (Å²) in [7, 11) is 0. The molecule has 0 bridgehead atoms. The van der Waals surface area contributed by atoms with Crippen LogP contribution in [0.4, 0.5) is 0 Å². The lowest BCUT2D eigenvalue weighted by Gasteiger charge is -2.30. The number of Topliss-reactive ketones (excluding diaryl/α,β-unsaturated/α-hetero) is 2. The minimum Gasteiger partial charge on any atom is -0.294 e. The van der Waals surface area contributed by atoms with Crippen LogP contribution in [0.2, 0.25) is 0 Å². The lowest BCUT2D eigenvalue weighted by Crippen LogP contribution is -2.31. The van der Waals surface area contributed by atoms with E-state index in [-0.39, 0.29) is 11.2 Å². The van der Waals surface area contributed by atoms with E-state index in [0.29, 0.717) is 11.7 Å². The molecular formula is C38H34O2. The van der Waals surface area contributed by atoms with Crippen LogP contribution >= 0.6 is 0 Å². The second kappa shape index (κ2) is 9.27. The molecule has 2 nitrogen and oxygen atoms in total. The third-order valence-corrected chi connectivity index (χ3v) is 9.98. The molecule has 40 heavy (non-hydrogen) atoms. The molecular weight excluding hydrogens is 488 g/mol. The number of carbonyl (C=O) groups excluding carboxylic acids is 2. The van der Waals surface area contributed by atoms with Gasteiger partial charge in [-0.1, -0.05) is 110 Å². The summed E-state index contributed by atoms with van der Waals surface area (Å²) in [5, 5.41) is 0. The Bertz CT molecular complexity index is 1700. The molecule has 0 amide bonds. The fourth-order valence-corrected chi connectivity index (χ4v) is 7.86. The molecule has 0 aliphatic heterocycles. The van der Waals surface area contributed by atoms with E-state index < -0.39 is 5.41 Å². The number of aryl methyl sites for hydroxylation is 1. The first-order chi connectivity index (χ1) is 19.4. The van der Waals surface area contributed by atoms with Crippen molar-refractivity contribution in [3.8, 4) is 0 Å². The smallest absolute Gasteiger partial charge is 0.173 e. The summed E-state index contributed by atoms with van der Waals surface area (Å²) in [5.74, 6) is 0.990. The van der Waals surface area contributed by atoms with Gasteiger partial charge in [0.1, 0.15) is 0 Å². The van der Waals surface area contributed by atoms with Crippen molar-refractivity contribution in [3.05, 3.63) is 148 Å². The second-order valence-electron chi connectivity index (χ2n) is 12.3. The molecule has 4 aromatic rings. The van der Waals surface area contributed by atoms with Crippen LogP contribution in [0.25, 0.3) is 5.57 Å². The topological polar surface area (TPSA) is 34.1 Å². The highest BCUT2D eigenvalue weighted by Gasteiger charge is 2.49. The van der Waals surface area contributed by atoms with Crippen LogP contribution in [0, 0.1) is 10.8 Å². The Morgan fingerprint density at radius 3 is 1.82 bits per heavy atom. The summed E-state index contributed by atoms with van der Waals surface area (Å²) in [6, 6.07) is 33.2. The molecule has 0 heterocycles.